The molecule has 0 N–H and O–H groups in total. The summed E-state index contributed by atoms with van der Waals surface area (Å²) in [4.78, 5) is 0. The minimum Gasteiger partial charge on any atom is -1.00 e. The molecule has 5 rings (SSSR count). The van der Waals surface area contributed by atoms with Crippen LogP contribution in [0.25, 0.3) is 0 Å². The molecule has 0 atom stereocenters. The summed E-state index contributed by atoms with van der Waals surface area (Å²) in [6.07, 6.45) is 2.04. The van der Waals surface area contributed by atoms with Crippen molar-refractivity contribution >= 4 is 41.9 Å². The molecule has 0 amide bonds. The van der Waals surface area contributed by atoms with Gasteiger partial charge in [0.1, 0.15) is 23.2 Å². The molecule has 41 heavy (non-hydrogen) atoms. The van der Waals surface area contributed by atoms with Crippen molar-refractivity contribution in [2.75, 3.05) is 12.8 Å². The van der Waals surface area contributed by atoms with E-state index in [1.165, 1.54) is 26.3 Å². The van der Waals surface area contributed by atoms with Gasteiger partial charge in [-0.25, -0.2) is 0 Å². The van der Waals surface area contributed by atoms with Crippen LogP contribution in [0.2, 0.25) is 5.04 Å². The molecule has 1 nitrogen and oxygen atoms in total. The van der Waals surface area contributed by atoms with Crippen LogP contribution in [0.1, 0.15) is 27.2 Å². The first-order valence-electron chi connectivity index (χ1n) is 14.3. The van der Waals surface area contributed by atoms with Crippen molar-refractivity contribution in [2.45, 2.75) is 32.2 Å². The van der Waals surface area contributed by atoms with Gasteiger partial charge in [-0.15, -0.1) is 0 Å². The van der Waals surface area contributed by atoms with Gasteiger partial charge in [0.15, 0.2) is 0 Å². The van der Waals surface area contributed by atoms with E-state index in [-0.39, 0.29) is 22.0 Å². The van der Waals surface area contributed by atoms with Crippen LogP contribution in [0.4, 0.5) is 0 Å². The molecule has 5 aromatic carbocycles. The van der Waals surface area contributed by atoms with E-state index in [1.807, 2.05) is 0 Å². The largest absolute Gasteiger partial charge is 1.00 e. The van der Waals surface area contributed by atoms with Crippen LogP contribution in [0.3, 0.4) is 0 Å². The Morgan fingerprint density at radius 1 is 0.512 bits per heavy atom. The molecule has 0 heterocycles. The van der Waals surface area contributed by atoms with Crippen LogP contribution in [0.5, 0.6) is 0 Å². The Hall–Kier alpha value is -2.81. The Labute approximate surface area is 258 Å². The van der Waals surface area contributed by atoms with Crippen LogP contribution in [-0.2, 0) is 4.43 Å². The van der Waals surface area contributed by atoms with Crippen molar-refractivity contribution in [3.05, 3.63) is 152 Å². The van der Waals surface area contributed by atoms with Gasteiger partial charge in [0.05, 0.1) is 6.16 Å². The average molecular weight is 640 g/mol. The highest BCUT2D eigenvalue weighted by molar-refractivity contribution is 7.95. The van der Waals surface area contributed by atoms with Gasteiger partial charge in [-0.2, -0.15) is 0 Å². The fraction of sp³-hybridized carbons (Fsp3) is 0.189. The van der Waals surface area contributed by atoms with E-state index >= 15 is 0 Å². The SMILES string of the molecule is CC(C)(C)[Si](OCCC[P+](c1ccccc1)(c1ccccc1)c1ccccc1)(c1ccccc1)c1ccccc1.[Br-]. The van der Waals surface area contributed by atoms with Crippen molar-refractivity contribution in [3.8, 4) is 0 Å². The minimum absolute atomic E-state index is 0. The van der Waals surface area contributed by atoms with E-state index in [1.54, 1.807) is 0 Å². The molecule has 0 spiro atoms. The van der Waals surface area contributed by atoms with Crippen LogP contribution in [-0.4, -0.2) is 21.1 Å². The van der Waals surface area contributed by atoms with E-state index in [0.29, 0.717) is 0 Å². The molecule has 0 aliphatic carbocycles. The summed E-state index contributed by atoms with van der Waals surface area (Å²) in [6.45, 7) is 7.79. The molecule has 0 saturated carbocycles. The molecule has 0 fully saturated rings. The maximum Gasteiger partial charge on any atom is 0.261 e. The smallest absolute Gasteiger partial charge is 0.261 e. The monoisotopic (exact) mass is 638 g/mol. The number of halogens is 1. The first-order chi connectivity index (χ1) is 19.5. The van der Waals surface area contributed by atoms with E-state index in [2.05, 4.69) is 172 Å². The lowest BCUT2D eigenvalue weighted by Crippen LogP contribution is -3.00. The van der Waals surface area contributed by atoms with E-state index in [4.69, 9.17) is 4.43 Å². The van der Waals surface area contributed by atoms with Crippen LogP contribution in [0, 0.1) is 0 Å². The first kappa shape index (κ1) is 31.1. The van der Waals surface area contributed by atoms with E-state index in [9.17, 15) is 0 Å². The molecule has 0 saturated heterocycles. The summed E-state index contributed by atoms with van der Waals surface area (Å²) in [5, 5.41) is 6.93. The Morgan fingerprint density at radius 2 is 0.829 bits per heavy atom. The molecular formula is C37H40BrOPSi. The van der Waals surface area contributed by atoms with Crippen LogP contribution < -0.4 is 43.3 Å². The summed E-state index contributed by atoms with van der Waals surface area (Å²) in [5.41, 5.74) is 0. The Balaban J connectivity index is 0.00000387. The maximum atomic E-state index is 7.33. The molecule has 0 bridgehead atoms. The van der Waals surface area contributed by atoms with E-state index in [0.717, 1.165) is 19.2 Å². The third-order valence-electron chi connectivity index (χ3n) is 7.96. The lowest BCUT2D eigenvalue weighted by Gasteiger charge is -2.43. The molecule has 0 radical (unpaired) electrons. The summed E-state index contributed by atoms with van der Waals surface area (Å²) >= 11 is 0. The Morgan fingerprint density at radius 3 is 1.15 bits per heavy atom. The highest BCUT2D eigenvalue weighted by Crippen LogP contribution is 2.55. The predicted octanol–water partition coefficient (Wildman–Crippen LogP) is 3.95. The predicted molar refractivity (Wildman–Crippen MR) is 178 cm³/mol. The maximum absolute atomic E-state index is 7.33. The molecule has 210 valence electrons. The molecule has 0 aliphatic rings. The van der Waals surface area contributed by atoms with E-state index < -0.39 is 15.6 Å². The van der Waals surface area contributed by atoms with Gasteiger partial charge in [0.2, 0.25) is 0 Å². The topological polar surface area (TPSA) is 9.23 Å². The zero-order chi connectivity index (χ0) is 27.9. The van der Waals surface area contributed by atoms with Crippen molar-refractivity contribution in [1.82, 2.24) is 0 Å². The highest BCUT2D eigenvalue weighted by Gasteiger charge is 2.50. The Kier molecular flexibility index (Phi) is 10.6. The zero-order valence-electron chi connectivity index (χ0n) is 24.3. The van der Waals surface area contributed by atoms with Gasteiger partial charge in [0, 0.05) is 13.0 Å². The average Bonchev–Trinajstić information content (AvgIpc) is 3.01. The van der Waals surface area contributed by atoms with Crippen molar-refractivity contribution in [3.63, 3.8) is 0 Å². The highest BCUT2D eigenvalue weighted by atomic mass is 79.9. The summed E-state index contributed by atoms with van der Waals surface area (Å²) in [6, 6.07) is 55.4. The fourth-order valence-corrected chi connectivity index (χ4v) is 15.1. The summed E-state index contributed by atoms with van der Waals surface area (Å²) in [5.74, 6) is 0. The van der Waals surface area contributed by atoms with Crippen LogP contribution in [0.15, 0.2) is 152 Å². The van der Waals surface area contributed by atoms with Gasteiger partial charge < -0.3 is 21.4 Å². The van der Waals surface area contributed by atoms with Crippen molar-refractivity contribution < 1.29 is 21.4 Å². The number of rotatable bonds is 10. The number of benzene rings is 5. The lowest BCUT2D eigenvalue weighted by atomic mass is 10.2. The molecular weight excluding hydrogens is 599 g/mol. The normalized spacial score (nSPS) is 12.0. The summed E-state index contributed by atoms with van der Waals surface area (Å²) < 4.78 is 7.33. The Bertz CT molecular complexity index is 1320. The molecule has 0 aromatic heterocycles. The summed E-state index contributed by atoms with van der Waals surface area (Å²) in [7, 11) is -4.46. The van der Waals surface area contributed by atoms with Gasteiger partial charge in [0.25, 0.3) is 8.32 Å². The minimum atomic E-state index is -2.57. The van der Waals surface area contributed by atoms with Crippen molar-refractivity contribution in [2.24, 2.45) is 0 Å². The second kappa shape index (κ2) is 13.9. The zero-order valence-corrected chi connectivity index (χ0v) is 27.8. The molecule has 4 heteroatoms. The molecule has 0 aliphatic heterocycles. The molecule has 5 aromatic rings. The van der Waals surface area contributed by atoms with Gasteiger partial charge in [-0.3, -0.25) is 0 Å². The number of hydrogen-bond acceptors (Lipinski definition) is 1. The fourth-order valence-electron chi connectivity index (χ4n) is 6.17. The van der Waals surface area contributed by atoms with Crippen molar-refractivity contribution in [1.29, 1.82) is 0 Å². The quantitative estimate of drug-likeness (QED) is 0.128. The van der Waals surface area contributed by atoms with Gasteiger partial charge >= 0.3 is 0 Å². The van der Waals surface area contributed by atoms with Gasteiger partial charge in [-0.1, -0.05) is 136 Å². The third-order valence-corrected chi connectivity index (χ3v) is 17.5. The standard InChI is InChI=1S/C37H40OPSi.BrH/c1-37(2,3)40(35-26-15-7-16-27-35,36-28-17-8-18-29-36)38-30-19-31-39(32-20-9-4-10-21-32,33-22-11-5-12-23-33)34-24-13-6-14-25-34;/h4-18,20-29H,19,30-31H2,1-3H3;1H/q+1;/p-1. The van der Waals surface area contributed by atoms with Crippen LogP contribution >= 0.6 is 7.26 Å². The lowest BCUT2D eigenvalue weighted by molar-refractivity contribution is -0.00000861. The second-order valence-corrected chi connectivity index (χ2v) is 19.3. The number of hydrogen-bond donors (Lipinski definition) is 0. The second-order valence-electron chi connectivity index (χ2n) is 11.4. The molecule has 0 unspecified atom stereocenters. The van der Waals surface area contributed by atoms with Gasteiger partial charge in [-0.05, 0) is 51.8 Å². The first-order valence-corrected chi connectivity index (χ1v) is 18.2. The third kappa shape index (κ3) is 6.34.